The zero-order valence-corrected chi connectivity index (χ0v) is 18.3. The van der Waals surface area contributed by atoms with Crippen molar-refractivity contribution in [1.29, 1.82) is 0 Å². The molecule has 0 unspecified atom stereocenters. The van der Waals surface area contributed by atoms with Crippen molar-refractivity contribution in [1.82, 2.24) is 0 Å². The van der Waals surface area contributed by atoms with E-state index < -0.39 is 51.9 Å². The summed E-state index contributed by atoms with van der Waals surface area (Å²) < 4.78 is 12.2. The molecule has 0 aliphatic rings. The summed E-state index contributed by atoms with van der Waals surface area (Å²) in [5.74, 6) is -7.42. The minimum Gasteiger partial charge on any atom is -0.478 e. The first-order valence-electron chi connectivity index (χ1n) is 10.2. The summed E-state index contributed by atoms with van der Waals surface area (Å²) in [4.78, 5) is 46.0. The third-order valence-electron chi connectivity index (χ3n) is 5.15. The number of hydrogen-bond acceptors (Lipinski definition) is 6. The second-order valence-corrected chi connectivity index (χ2v) is 7.31. The Kier molecular flexibility index (Phi) is 7.05. The Morgan fingerprint density at radius 1 is 0.629 bits per heavy atom. The lowest BCUT2D eigenvalue weighted by molar-refractivity contribution is -0.124. The molecule has 3 aromatic rings. The first-order valence-corrected chi connectivity index (χ1v) is 10.2. The van der Waals surface area contributed by atoms with E-state index in [9.17, 15) is 39.6 Å². The topological polar surface area (TPSA) is 168 Å². The van der Waals surface area contributed by atoms with E-state index in [-0.39, 0.29) is 17.9 Å². The molecule has 0 bridgehead atoms. The second-order valence-electron chi connectivity index (χ2n) is 7.31. The molecule has 0 aliphatic carbocycles. The maximum Gasteiger partial charge on any atom is 0.336 e. The van der Waals surface area contributed by atoms with Crippen LogP contribution < -0.4 is 9.47 Å². The van der Waals surface area contributed by atoms with Crippen molar-refractivity contribution in [3.05, 3.63) is 94.5 Å². The van der Waals surface area contributed by atoms with E-state index in [2.05, 4.69) is 0 Å². The van der Waals surface area contributed by atoms with E-state index in [1.54, 1.807) is 37.3 Å². The second kappa shape index (κ2) is 9.96. The molecule has 0 amide bonds. The smallest absolute Gasteiger partial charge is 0.336 e. The van der Waals surface area contributed by atoms with Crippen molar-refractivity contribution in [2.45, 2.75) is 19.1 Å². The standard InChI is InChI=1S/C25H20O10/c1-2-25(14-6-4-3-5-7-14,34-15-8-10-17(21(26)27)19(12-15)23(30)31)35-16-9-11-18(22(28)29)20(13-16)24(32)33/h3-13H,2H2,1H3,(H,26,27)(H,28,29)(H,30,31)(H,32,33). The molecule has 0 radical (unpaired) electrons. The van der Waals surface area contributed by atoms with Gasteiger partial charge in [-0.1, -0.05) is 37.3 Å². The molecule has 0 aliphatic heterocycles. The Labute approximate surface area is 198 Å². The van der Waals surface area contributed by atoms with Gasteiger partial charge in [-0.3, -0.25) is 0 Å². The lowest BCUT2D eigenvalue weighted by atomic mass is 10.0. The van der Waals surface area contributed by atoms with Crippen molar-refractivity contribution in [3.8, 4) is 11.5 Å². The van der Waals surface area contributed by atoms with E-state index in [0.717, 1.165) is 24.3 Å². The van der Waals surface area contributed by atoms with Gasteiger partial charge in [0, 0.05) is 12.0 Å². The highest BCUT2D eigenvalue weighted by molar-refractivity contribution is 6.02. The van der Waals surface area contributed by atoms with Crippen LogP contribution in [-0.2, 0) is 5.79 Å². The Morgan fingerprint density at radius 3 is 1.37 bits per heavy atom. The fourth-order valence-corrected chi connectivity index (χ4v) is 3.46. The number of aromatic carboxylic acids is 4. The minimum absolute atomic E-state index is 0.0151. The fraction of sp³-hybridized carbons (Fsp3) is 0.120. The Morgan fingerprint density at radius 2 is 1.03 bits per heavy atom. The molecular weight excluding hydrogens is 460 g/mol. The largest absolute Gasteiger partial charge is 0.478 e. The van der Waals surface area contributed by atoms with Crippen molar-refractivity contribution in [3.63, 3.8) is 0 Å². The molecule has 3 rings (SSSR count). The molecule has 0 fully saturated rings. The maximum atomic E-state index is 11.6. The first kappa shape index (κ1) is 24.8. The number of benzene rings is 3. The highest BCUT2D eigenvalue weighted by Crippen LogP contribution is 2.36. The van der Waals surface area contributed by atoms with Crippen LogP contribution in [0.5, 0.6) is 11.5 Å². The van der Waals surface area contributed by atoms with Crippen LogP contribution in [0.25, 0.3) is 0 Å². The van der Waals surface area contributed by atoms with Crippen LogP contribution in [0.3, 0.4) is 0 Å². The molecule has 0 aromatic heterocycles. The summed E-state index contributed by atoms with van der Waals surface area (Å²) in [5, 5.41) is 37.4. The number of carboxylic acids is 4. The van der Waals surface area contributed by atoms with Crippen LogP contribution >= 0.6 is 0 Å². The molecule has 10 nitrogen and oxygen atoms in total. The lowest BCUT2D eigenvalue weighted by Crippen LogP contribution is -2.39. The van der Waals surface area contributed by atoms with Crippen molar-refractivity contribution < 1.29 is 49.1 Å². The number of rotatable bonds is 10. The molecule has 3 aromatic carbocycles. The third-order valence-corrected chi connectivity index (χ3v) is 5.15. The molecule has 0 heterocycles. The van der Waals surface area contributed by atoms with Crippen LogP contribution in [0.4, 0.5) is 0 Å². The number of hydrogen-bond donors (Lipinski definition) is 4. The summed E-state index contributed by atoms with van der Waals surface area (Å²) in [5.41, 5.74) is -1.36. The maximum absolute atomic E-state index is 11.6. The minimum atomic E-state index is -1.61. The number of carboxylic acid groups (broad SMARTS) is 4. The van der Waals surface area contributed by atoms with Gasteiger partial charge in [0.1, 0.15) is 11.5 Å². The molecule has 35 heavy (non-hydrogen) atoms. The molecule has 4 N–H and O–H groups in total. The summed E-state index contributed by atoms with van der Waals surface area (Å²) in [6.45, 7) is 1.71. The number of ether oxygens (including phenoxy) is 2. The molecular formula is C25H20O10. The third kappa shape index (κ3) is 5.22. The Hall–Kier alpha value is -4.86. The van der Waals surface area contributed by atoms with Gasteiger partial charge in [-0.15, -0.1) is 0 Å². The van der Waals surface area contributed by atoms with E-state index in [4.69, 9.17) is 9.47 Å². The van der Waals surface area contributed by atoms with E-state index >= 15 is 0 Å². The van der Waals surface area contributed by atoms with Crippen molar-refractivity contribution in [2.24, 2.45) is 0 Å². The number of carbonyl (C=O) groups is 4. The monoisotopic (exact) mass is 480 g/mol. The average molecular weight is 480 g/mol. The molecule has 0 atom stereocenters. The van der Waals surface area contributed by atoms with Gasteiger partial charge in [-0.2, -0.15) is 0 Å². The normalized spacial score (nSPS) is 10.9. The SMILES string of the molecule is CCC(Oc1ccc(C(=O)O)c(C(=O)O)c1)(Oc1ccc(C(=O)O)c(C(=O)O)c1)c1ccccc1. The van der Waals surface area contributed by atoms with Gasteiger partial charge in [-0.25, -0.2) is 19.2 Å². The van der Waals surface area contributed by atoms with Crippen molar-refractivity contribution >= 4 is 23.9 Å². The highest BCUT2D eigenvalue weighted by atomic mass is 16.7. The van der Waals surface area contributed by atoms with Crippen LogP contribution in [0.2, 0.25) is 0 Å². The average Bonchev–Trinajstić information content (AvgIpc) is 2.83. The summed E-state index contributed by atoms with van der Waals surface area (Å²) >= 11 is 0. The molecule has 0 saturated carbocycles. The molecule has 0 spiro atoms. The van der Waals surface area contributed by atoms with Gasteiger partial charge in [0.15, 0.2) is 0 Å². The van der Waals surface area contributed by atoms with Gasteiger partial charge in [-0.05, 0) is 36.4 Å². The lowest BCUT2D eigenvalue weighted by Gasteiger charge is -2.34. The predicted octanol–water partition coefficient (Wildman–Crippen LogP) is 4.20. The summed E-state index contributed by atoms with van der Waals surface area (Å²) in [6, 6.07) is 15.4. The summed E-state index contributed by atoms with van der Waals surface area (Å²) in [7, 11) is 0. The van der Waals surface area contributed by atoms with Gasteiger partial charge in [0.05, 0.1) is 22.3 Å². The van der Waals surface area contributed by atoms with Gasteiger partial charge in [0.25, 0.3) is 5.79 Å². The van der Waals surface area contributed by atoms with Gasteiger partial charge < -0.3 is 29.9 Å². The van der Waals surface area contributed by atoms with E-state index in [1.807, 2.05) is 0 Å². The van der Waals surface area contributed by atoms with Gasteiger partial charge >= 0.3 is 23.9 Å². The van der Waals surface area contributed by atoms with Crippen LogP contribution in [0.15, 0.2) is 66.7 Å². The zero-order valence-electron chi connectivity index (χ0n) is 18.3. The Balaban J connectivity index is 2.13. The molecule has 10 heteroatoms. The quantitative estimate of drug-likeness (QED) is 0.309. The summed E-state index contributed by atoms with van der Waals surface area (Å²) in [6.07, 6.45) is 0.142. The van der Waals surface area contributed by atoms with Gasteiger partial charge in [0.2, 0.25) is 0 Å². The van der Waals surface area contributed by atoms with E-state index in [1.165, 1.54) is 12.1 Å². The first-order chi connectivity index (χ1) is 16.6. The van der Waals surface area contributed by atoms with E-state index in [0.29, 0.717) is 5.56 Å². The van der Waals surface area contributed by atoms with Crippen LogP contribution in [0.1, 0.15) is 60.3 Å². The molecule has 180 valence electrons. The predicted molar refractivity (Wildman–Crippen MR) is 120 cm³/mol. The molecule has 0 saturated heterocycles. The fourth-order valence-electron chi connectivity index (χ4n) is 3.46. The highest BCUT2D eigenvalue weighted by Gasteiger charge is 2.36. The zero-order chi connectivity index (χ0) is 25.8. The van der Waals surface area contributed by atoms with Crippen molar-refractivity contribution in [2.75, 3.05) is 0 Å². The Bertz CT molecular complexity index is 1220. The van der Waals surface area contributed by atoms with Crippen LogP contribution in [-0.4, -0.2) is 44.3 Å². The van der Waals surface area contributed by atoms with Crippen LogP contribution in [0, 0.1) is 0 Å².